The van der Waals surface area contributed by atoms with E-state index in [9.17, 15) is 9.90 Å². The quantitative estimate of drug-likeness (QED) is 0.700. The molecule has 0 atom stereocenters. The maximum Gasteiger partial charge on any atom is 0.153 e. The summed E-state index contributed by atoms with van der Waals surface area (Å²) in [6.45, 7) is 1.81. The summed E-state index contributed by atoms with van der Waals surface area (Å²) in [5.74, 6) is 0.0679. The van der Waals surface area contributed by atoms with Gasteiger partial charge in [0.05, 0.1) is 5.56 Å². The molecule has 3 heteroatoms. The van der Waals surface area contributed by atoms with E-state index in [2.05, 4.69) is 17.5 Å². The monoisotopic (exact) mass is 268 g/mol. The lowest BCUT2D eigenvalue weighted by molar-refractivity contribution is 0.112. The SMILES string of the molecule is Cc1cc(-c2csc3ccccc23)cc(C=O)c1O. The highest BCUT2D eigenvalue weighted by Gasteiger charge is 2.11. The Balaban J connectivity index is 2.27. The average Bonchev–Trinajstić information content (AvgIpc) is 2.85. The molecule has 0 aliphatic heterocycles. The summed E-state index contributed by atoms with van der Waals surface area (Å²) < 4.78 is 1.22. The number of thiophene rings is 1. The molecule has 1 aromatic heterocycles. The first-order chi connectivity index (χ1) is 9.20. The van der Waals surface area contributed by atoms with Gasteiger partial charge in [0.2, 0.25) is 0 Å². The molecule has 0 saturated heterocycles. The molecular formula is C16H12O2S. The topological polar surface area (TPSA) is 37.3 Å². The predicted octanol–water partition coefficient (Wildman–Crippen LogP) is 4.39. The molecule has 3 rings (SSSR count). The fourth-order valence-electron chi connectivity index (χ4n) is 2.25. The minimum absolute atomic E-state index is 0.0679. The van der Waals surface area contributed by atoms with Crippen molar-refractivity contribution in [2.24, 2.45) is 0 Å². The van der Waals surface area contributed by atoms with E-state index in [1.54, 1.807) is 24.3 Å². The Morgan fingerprint density at radius 2 is 2.00 bits per heavy atom. The third-order valence-corrected chi connectivity index (χ3v) is 4.21. The summed E-state index contributed by atoms with van der Waals surface area (Å²) in [6, 6.07) is 11.8. The van der Waals surface area contributed by atoms with Gasteiger partial charge in [-0.25, -0.2) is 0 Å². The summed E-state index contributed by atoms with van der Waals surface area (Å²) in [5, 5.41) is 13.1. The molecular weight excluding hydrogens is 256 g/mol. The van der Waals surface area contributed by atoms with Gasteiger partial charge in [0.1, 0.15) is 5.75 Å². The molecule has 0 amide bonds. The Morgan fingerprint density at radius 1 is 1.21 bits per heavy atom. The van der Waals surface area contributed by atoms with Crippen LogP contribution in [0.3, 0.4) is 0 Å². The van der Waals surface area contributed by atoms with Gasteiger partial charge in [-0.2, -0.15) is 0 Å². The van der Waals surface area contributed by atoms with E-state index >= 15 is 0 Å². The van der Waals surface area contributed by atoms with Crippen molar-refractivity contribution in [2.75, 3.05) is 0 Å². The van der Waals surface area contributed by atoms with E-state index in [4.69, 9.17) is 0 Å². The van der Waals surface area contributed by atoms with Gasteiger partial charge >= 0.3 is 0 Å². The number of hydrogen-bond donors (Lipinski definition) is 1. The first kappa shape index (κ1) is 11.9. The Hall–Kier alpha value is -2.13. The molecule has 0 aliphatic carbocycles. The van der Waals surface area contributed by atoms with Crippen LogP contribution >= 0.6 is 11.3 Å². The van der Waals surface area contributed by atoms with Gasteiger partial charge in [-0.3, -0.25) is 4.79 Å². The second kappa shape index (κ2) is 4.52. The molecule has 2 aromatic carbocycles. The molecule has 0 bridgehead atoms. The number of hydrogen-bond acceptors (Lipinski definition) is 3. The number of aromatic hydroxyl groups is 1. The van der Waals surface area contributed by atoms with Crippen LogP contribution in [0.1, 0.15) is 15.9 Å². The van der Waals surface area contributed by atoms with E-state index in [0.29, 0.717) is 11.8 Å². The van der Waals surface area contributed by atoms with Crippen molar-refractivity contribution in [1.82, 2.24) is 0 Å². The highest BCUT2D eigenvalue weighted by molar-refractivity contribution is 7.17. The number of benzene rings is 2. The molecule has 2 nitrogen and oxygen atoms in total. The summed E-state index contributed by atoms with van der Waals surface area (Å²) in [5.41, 5.74) is 3.13. The van der Waals surface area contributed by atoms with Crippen molar-refractivity contribution in [1.29, 1.82) is 0 Å². The first-order valence-corrected chi connectivity index (χ1v) is 6.84. The van der Waals surface area contributed by atoms with Crippen LogP contribution < -0.4 is 0 Å². The van der Waals surface area contributed by atoms with Crippen molar-refractivity contribution in [3.63, 3.8) is 0 Å². The largest absolute Gasteiger partial charge is 0.507 e. The van der Waals surface area contributed by atoms with E-state index < -0.39 is 0 Å². The molecule has 94 valence electrons. The van der Waals surface area contributed by atoms with Gasteiger partial charge in [-0.1, -0.05) is 18.2 Å². The molecule has 0 unspecified atom stereocenters. The fraction of sp³-hybridized carbons (Fsp3) is 0.0625. The summed E-state index contributed by atoms with van der Waals surface area (Å²) in [7, 11) is 0. The minimum Gasteiger partial charge on any atom is -0.507 e. The molecule has 0 fully saturated rings. The van der Waals surface area contributed by atoms with E-state index in [1.807, 2.05) is 18.2 Å². The molecule has 0 saturated carbocycles. The number of phenolic OH excluding ortho intramolecular Hbond substituents is 1. The zero-order chi connectivity index (χ0) is 13.4. The number of aryl methyl sites for hydroxylation is 1. The number of fused-ring (bicyclic) bond motifs is 1. The molecule has 0 aliphatic rings. The van der Waals surface area contributed by atoms with Gasteiger partial charge in [0, 0.05) is 15.6 Å². The van der Waals surface area contributed by atoms with Gasteiger partial charge in [-0.15, -0.1) is 11.3 Å². The Kier molecular flexibility index (Phi) is 2.84. The van der Waals surface area contributed by atoms with Crippen LogP contribution in [0.25, 0.3) is 21.2 Å². The van der Waals surface area contributed by atoms with Crippen LogP contribution in [0.4, 0.5) is 0 Å². The van der Waals surface area contributed by atoms with Gasteiger partial charge < -0.3 is 5.11 Å². The van der Waals surface area contributed by atoms with E-state index in [1.165, 1.54) is 10.1 Å². The lowest BCUT2D eigenvalue weighted by atomic mass is 9.99. The van der Waals surface area contributed by atoms with Crippen LogP contribution in [0, 0.1) is 6.92 Å². The van der Waals surface area contributed by atoms with Crippen LogP contribution in [0.5, 0.6) is 5.75 Å². The van der Waals surface area contributed by atoms with Gasteiger partial charge in [-0.05, 0) is 41.6 Å². The van der Waals surface area contributed by atoms with Gasteiger partial charge in [0.25, 0.3) is 0 Å². The Morgan fingerprint density at radius 3 is 2.79 bits per heavy atom. The fourth-order valence-corrected chi connectivity index (χ4v) is 3.22. The van der Waals surface area contributed by atoms with Crippen LogP contribution in [0.2, 0.25) is 0 Å². The molecule has 0 spiro atoms. The number of carbonyl (C=O) groups is 1. The van der Waals surface area contributed by atoms with Crippen LogP contribution in [-0.4, -0.2) is 11.4 Å². The zero-order valence-electron chi connectivity index (χ0n) is 10.4. The zero-order valence-corrected chi connectivity index (χ0v) is 11.2. The van der Waals surface area contributed by atoms with Gasteiger partial charge in [0.15, 0.2) is 6.29 Å². The maximum absolute atomic E-state index is 11.0. The number of phenols is 1. The molecule has 1 N–H and O–H groups in total. The van der Waals surface area contributed by atoms with Crippen LogP contribution in [0.15, 0.2) is 41.8 Å². The van der Waals surface area contributed by atoms with Crippen molar-refractivity contribution in [3.05, 3.63) is 52.9 Å². The normalized spacial score (nSPS) is 10.8. The number of rotatable bonds is 2. The summed E-state index contributed by atoms with van der Waals surface area (Å²) >= 11 is 1.68. The average molecular weight is 268 g/mol. The predicted molar refractivity (Wildman–Crippen MR) is 79.1 cm³/mol. The third kappa shape index (κ3) is 1.92. The Bertz CT molecular complexity index is 772. The highest BCUT2D eigenvalue weighted by atomic mass is 32.1. The lowest BCUT2D eigenvalue weighted by Crippen LogP contribution is -1.87. The van der Waals surface area contributed by atoms with Crippen molar-refractivity contribution in [3.8, 4) is 16.9 Å². The molecule has 19 heavy (non-hydrogen) atoms. The number of aldehydes is 1. The maximum atomic E-state index is 11.0. The second-order valence-electron chi connectivity index (χ2n) is 4.49. The summed E-state index contributed by atoms with van der Waals surface area (Å²) in [4.78, 5) is 11.0. The Labute approximate surface area is 114 Å². The van der Waals surface area contributed by atoms with Crippen LogP contribution in [-0.2, 0) is 0 Å². The third-order valence-electron chi connectivity index (χ3n) is 3.25. The van der Waals surface area contributed by atoms with E-state index in [-0.39, 0.29) is 5.75 Å². The smallest absolute Gasteiger partial charge is 0.153 e. The molecule has 1 heterocycles. The van der Waals surface area contributed by atoms with Crippen molar-refractivity contribution in [2.45, 2.75) is 6.92 Å². The number of carbonyl (C=O) groups excluding carboxylic acids is 1. The summed E-state index contributed by atoms with van der Waals surface area (Å²) in [6.07, 6.45) is 0.695. The highest BCUT2D eigenvalue weighted by Crippen LogP contribution is 2.36. The molecule has 3 aromatic rings. The molecule has 0 radical (unpaired) electrons. The van der Waals surface area contributed by atoms with Crippen molar-refractivity contribution < 1.29 is 9.90 Å². The minimum atomic E-state index is 0.0679. The lowest BCUT2D eigenvalue weighted by Gasteiger charge is -2.06. The van der Waals surface area contributed by atoms with E-state index in [0.717, 1.165) is 16.7 Å². The first-order valence-electron chi connectivity index (χ1n) is 5.96. The second-order valence-corrected chi connectivity index (χ2v) is 5.41. The van der Waals surface area contributed by atoms with Crippen molar-refractivity contribution >= 4 is 27.7 Å². The standard InChI is InChI=1S/C16H12O2S/c1-10-6-11(7-12(8-17)16(10)18)14-9-19-15-5-3-2-4-13(14)15/h2-9,18H,1H3.